The van der Waals surface area contributed by atoms with Crippen LogP contribution in [0.5, 0.6) is 0 Å². The molecule has 2 N–H and O–H groups in total. The summed E-state index contributed by atoms with van der Waals surface area (Å²) in [4.78, 5) is 25.8. The molecular weight excluding hydrogens is 406 g/mol. The van der Waals surface area contributed by atoms with Gasteiger partial charge in [-0.05, 0) is 31.2 Å². The molecule has 0 spiro atoms. The van der Waals surface area contributed by atoms with Gasteiger partial charge < -0.3 is 15.5 Å². The van der Waals surface area contributed by atoms with Crippen LogP contribution in [0.3, 0.4) is 0 Å². The number of likely N-dealkylation sites (N-methyl/N-ethyl adjacent to an activating group) is 1. The van der Waals surface area contributed by atoms with E-state index in [-0.39, 0.29) is 24.1 Å². The molecule has 3 rings (SSSR count). The SMILES string of the molecule is Cc1ccc(NC(=O)CN(C)C(=O)CSc2nnc(Nc3ccccc3)s2)cc1. The van der Waals surface area contributed by atoms with Gasteiger partial charge in [-0.2, -0.15) is 0 Å². The van der Waals surface area contributed by atoms with E-state index in [0.717, 1.165) is 11.3 Å². The molecule has 0 bridgehead atoms. The first kappa shape index (κ1) is 20.8. The van der Waals surface area contributed by atoms with Crippen molar-refractivity contribution in [2.24, 2.45) is 0 Å². The van der Waals surface area contributed by atoms with Crippen LogP contribution in [0.4, 0.5) is 16.5 Å². The van der Waals surface area contributed by atoms with E-state index >= 15 is 0 Å². The lowest BCUT2D eigenvalue weighted by Gasteiger charge is -2.16. The van der Waals surface area contributed by atoms with Crippen molar-refractivity contribution in [3.63, 3.8) is 0 Å². The van der Waals surface area contributed by atoms with Crippen LogP contribution in [-0.2, 0) is 9.59 Å². The third kappa shape index (κ3) is 6.58. The van der Waals surface area contributed by atoms with Crippen LogP contribution in [0.2, 0.25) is 0 Å². The topological polar surface area (TPSA) is 87.2 Å². The van der Waals surface area contributed by atoms with Crippen molar-refractivity contribution in [1.29, 1.82) is 0 Å². The zero-order valence-electron chi connectivity index (χ0n) is 16.1. The molecule has 2 aromatic carbocycles. The number of amides is 2. The van der Waals surface area contributed by atoms with E-state index in [2.05, 4.69) is 20.8 Å². The molecule has 150 valence electrons. The Labute approximate surface area is 177 Å². The maximum Gasteiger partial charge on any atom is 0.243 e. The minimum Gasteiger partial charge on any atom is -0.336 e. The van der Waals surface area contributed by atoms with E-state index in [1.54, 1.807) is 7.05 Å². The number of carbonyl (C=O) groups excluding carboxylic acids is 2. The van der Waals surface area contributed by atoms with Crippen molar-refractivity contribution in [2.75, 3.05) is 30.0 Å². The molecule has 0 radical (unpaired) electrons. The Kier molecular flexibility index (Phi) is 7.20. The second-order valence-corrected chi connectivity index (χ2v) is 8.52. The lowest BCUT2D eigenvalue weighted by molar-refractivity contribution is -0.131. The fraction of sp³-hybridized carbons (Fsp3) is 0.200. The lowest BCUT2D eigenvalue weighted by Crippen LogP contribution is -2.35. The van der Waals surface area contributed by atoms with E-state index in [4.69, 9.17) is 0 Å². The summed E-state index contributed by atoms with van der Waals surface area (Å²) in [7, 11) is 1.61. The van der Waals surface area contributed by atoms with Crippen molar-refractivity contribution < 1.29 is 9.59 Å². The van der Waals surface area contributed by atoms with Crippen molar-refractivity contribution >= 4 is 51.4 Å². The van der Waals surface area contributed by atoms with Gasteiger partial charge in [0, 0.05) is 18.4 Å². The van der Waals surface area contributed by atoms with Crippen LogP contribution >= 0.6 is 23.1 Å². The molecule has 0 aliphatic rings. The first-order chi connectivity index (χ1) is 14.0. The van der Waals surface area contributed by atoms with E-state index in [1.165, 1.54) is 28.0 Å². The number of carbonyl (C=O) groups is 2. The Morgan fingerprint density at radius 3 is 2.48 bits per heavy atom. The molecule has 0 fully saturated rings. The summed E-state index contributed by atoms with van der Waals surface area (Å²) in [6.07, 6.45) is 0. The number of aromatic nitrogens is 2. The first-order valence-corrected chi connectivity index (χ1v) is 10.7. The lowest BCUT2D eigenvalue weighted by atomic mass is 10.2. The largest absolute Gasteiger partial charge is 0.336 e. The average molecular weight is 428 g/mol. The standard InChI is InChI=1S/C20H21N5O2S2/c1-14-8-10-16(11-9-14)21-17(26)12-25(2)18(27)13-28-20-24-23-19(29-20)22-15-6-4-3-5-7-15/h3-11H,12-13H2,1-2H3,(H,21,26)(H,22,23). The fourth-order valence-electron chi connectivity index (χ4n) is 2.34. The molecule has 2 amide bonds. The van der Waals surface area contributed by atoms with Gasteiger partial charge >= 0.3 is 0 Å². The average Bonchev–Trinajstić information content (AvgIpc) is 3.16. The zero-order chi connectivity index (χ0) is 20.6. The predicted octanol–water partition coefficient (Wildman–Crippen LogP) is 3.78. The minimum absolute atomic E-state index is 0.00972. The molecule has 0 saturated carbocycles. The molecule has 0 saturated heterocycles. The summed E-state index contributed by atoms with van der Waals surface area (Å²) >= 11 is 2.68. The monoisotopic (exact) mass is 427 g/mol. The number of nitrogens with one attached hydrogen (secondary N) is 2. The first-order valence-electron chi connectivity index (χ1n) is 8.88. The Balaban J connectivity index is 1.44. The number of hydrogen-bond acceptors (Lipinski definition) is 7. The molecule has 9 heteroatoms. The van der Waals surface area contributed by atoms with Crippen LogP contribution in [0.1, 0.15) is 5.56 Å². The summed E-state index contributed by atoms with van der Waals surface area (Å²) in [5.74, 6) is -0.198. The normalized spacial score (nSPS) is 10.4. The number of hydrogen-bond donors (Lipinski definition) is 2. The second kappa shape index (κ2) is 10.0. The van der Waals surface area contributed by atoms with Gasteiger partial charge in [0.1, 0.15) is 0 Å². The molecule has 0 aliphatic heterocycles. The summed E-state index contributed by atoms with van der Waals surface area (Å²) in [6.45, 7) is 1.97. The highest BCUT2D eigenvalue weighted by Crippen LogP contribution is 2.27. The van der Waals surface area contributed by atoms with E-state index in [1.807, 2.05) is 61.5 Å². The Morgan fingerprint density at radius 2 is 1.76 bits per heavy atom. The number of aryl methyl sites for hydroxylation is 1. The number of para-hydroxylation sites is 1. The molecule has 7 nitrogen and oxygen atoms in total. The summed E-state index contributed by atoms with van der Waals surface area (Å²) < 4.78 is 0.689. The van der Waals surface area contributed by atoms with Gasteiger partial charge in [-0.15, -0.1) is 10.2 Å². The third-order valence-electron chi connectivity index (χ3n) is 3.89. The molecule has 29 heavy (non-hydrogen) atoms. The van der Waals surface area contributed by atoms with Crippen molar-refractivity contribution in [3.8, 4) is 0 Å². The highest BCUT2D eigenvalue weighted by Gasteiger charge is 2.15. The predicted molar refractivity (Wildman–Crippen MR) is 118 cm³/mol. The maximum atomic E-state index is 12.3. The zero-order valence-corrected chi connectivity index (χ0v) is 17.7. The summed E-state index contributed by atoms with van der Waals surface area (Å²) in [5, 5.41) is 14.8. The molecule has 3 aromatic rings. The molecule has 0 aliphatic carbocycles. The van der Waals surface area contributed by atoms with Gasteiger partial charge in [-0.3, -0.25) is 9.59 Å². The molecule has 0 atom stereocenters. The number of anilines is 3. The van der Waals surface area contributed by atoms with Crippen LogP contribution in [0.15, 0.2) is 58.9 Å². The quantitative estimate of drug-likeness (QED) is 0.532. The van der Waals surface area contributed by atoms with Crippen molar-refractivity contribution in [2.45, 2.75) is 11.3 Å². The number of thioether (sulfide) groups is 1. The minimum atomic E-state index is -0.236. The highest BCUT2D eigenvalue weighted by molar-refractivity contribution is 8.01. The Morgan fingerprint density at radius 1 is 1.03 bits per heavy atom. The van der Waals surface area contributed by atoms with Gasteiger partial charge in [0.2, 0.25) is 16.9 Å². The Hall–Kier alpha value is -2.91. The maximum absolute atomic E-state index is 12.3. The highest BCUT2D eigenvalue weighted by atomic mass is 32.2. The number of rotatable bonds is 8. The van der Waals surface area contributed by atoms with Crippen LogP contribution < -0.4 is 10.6 Å². The molecular formula is C20H21N5O2S2. The number of nitrogens with zero attached hydrogens (tertiary/aromatic N) is 3. The summed E-state index contributed by atoms with van der Waals surface area (Å²) in [5.41, 5.74) is 2.75. The number of benzene rings is 2. The van der Waals surface area contributed by atoms with Gasteiger partial charge in [0.05, 0.1) is 12.3 Å². The van der Waals surface area contributed by atoms with Crippen LogP contribution in [-0.4, -0.2) is 46.3 Å². The molecule has 0 unspecified atom stereocenters. The van der Waals surface area contributed by atoms with Gasteiger partial charge in [0.15, 0.2) is 4.34 Å². The van der Waals surface area contributed by atoms with Crippen molar-refractivity contribution in [3.05, 3.63) is 60.2 Å². The van der Waals surface area contributed by atoms with E-state index in [0.29, 0.717) is 15.2 Å². The van der Waals surface area contributed by atoms with Gasteiger partial charge in [-0.1, -0.05) is 59.0 Å². The van der Waals surface area contributed by atoms with Crippen LogP contribution in [0, 0.1) is 6.92 Å². The van der Waals surface area contributed by atoms with Gasteiger partial charge in [0.25, 0.3) is 0 Å². The van der Waals surface area contributed by atoms with E-state index in [9.17, 15) is 9.59 Å². The smallest absolute Gasteiger partial charge is 0.243 e. The third-order valence-corrected chi connectivity index (χ3v) is 5.85. The Bertz CT molecular complexity index is 961. The van der Waals surface area contributed by atoms with Gasteiger partial charge in [-0.25, -0.2) is 0 Å². The summed E-state index contributed by atoms with van der Waals surface area (Å²) in [6, 6.07) is 17.2. The van der Waals surface area contributed by atoms with E-state index < -0.39 is 0 Å². The fourth-order valence-corrected chi connectivity index (χ4v) is 4.05. The van der Waals surface area contributed by atoms with Crippen LogP contribution in [0.25, 0.3) is 0 Å². The second-order valence-electron chi connectivity index (χ2n) is 6.32. The molecule has 1 aromatic heterocycles. The molecule has 1 heterocycles. The van der Waals surface area contributed by atoms with Crippen molar-refractivity contribution in [1.82, 2.24) is 15.1 Å².